The Morgan fingerprint density at radius 1 is 1.21 bits per heavy atom. The molecule has 9 heteroatoms. The molecule has 38 heavy (non-hydrogen) atoms. The maximum absolute atomic E-state index is 13.2. The molecule has 6 nitrogen and oxygen atoms in total. The molecule has 1 aromatic carbocycles. The van der Waals surface area contributed by atoms with Crippen molar-refractivity contribution in [2.24, 2.45) is 5.41 Å². The summed E-state index contributed by atoms with van der Waals surface area (Å²) >= 11 is 0. The van der Waals surface area contributed by atoms with E-state index in [4.69, 9.17) is 4.74 Å². The van der Waals surface area contributed by atoms with Gasteiger partial charge in [0.25, 0.3) is 0 Å². The fourth-order valence-corrected chi connectivity index (χ4v) is 5.43. The highest BCUT2D eigenvalue weighted by Gasteiger charge is 2.46. The van der Waals surface area contributed by atoms with Gasteiger partial charge in [0.05, 0.1) is 17.7 Å². The minimum Gasteiger partial charge on any atom is -0.471 e. The largest absolute Gasteiger partial charge is 0.471 e. The van der Waals surface area contributed by atoms with Gasteiger partial charge in [-0.15, -0.1) is 0 Å². The second kappa shape index (κ2) is 10.8. The molecular formula is C29H38F3N3O3. The second-order valence-corrected chi connectivity index (χ2v) is 12.1. The van der Waals surface area contributed by atoms with E-state index in [0.29, 0.717) is 11.4 Å². The zero-order valence-corrected chi connectivity index (χ0v) is 22.5. The Labute approximate surface area is 222 Å². The molecule has 2 heterocycles. The van der Waals surface area contributed by atoms with Crippen LogP contribution in [0, 0.1) is 5.41 Å². The molecule has 0 unspecified atom stereocenters. The van der Waals surface area contributed by atoms with Crippen molar-refractivity contribution in [2.45, 2.75) is 96.2 Å². The molecule has 3 atom stereocenters. The number of hydrogen-bond acceptors (Lipinski definition) is 5. The highest BCUT2D eigenvalue weighted by molar-refractivity contribution is 5.73. The maximum Gasteiger partial charge on any atom is 0.416 e. The number of amides is 1. The van der Waals surface area contributed by atoms with Gasteiger partial charge in [-0.25, -0.2) is 4.98 Å². The second-order valence-electron chi connectivity index (χ2n) is 12.1. The monoisotopic (exact) mass is 533 g/mol. The van der Waals surface area contributed by atoms with E-state index < -0.39 is 23.9 Å². The van der Waals surface area contributed by atoms with Crippen LogP contribution in [0.4, 0.5) is 13.2 Å². The summed E-state index contributed by atoms with van der Waals surface area (Å²) in [5.74, 6) is 0.254. The topological polar surface area (TPSA) is 83.5 Å². The first-order chi connectivity index (χ1) is 17.7. The van der Waals surface area contributed by atoms with E-state index in [2.05, 4.69) is 42.5 Å². The Kier molecular flexibility index (Phi) is 8.09. The zero-order valence-electron chi connectivity index (χ0n) is 22.5. The summed E-state index contributed by atoms with van der Waals surface area (Å²) in [6.45, 7) is 7.99. The number of carbonyl (C=O) groups is 1. The van der Waals surface area contributed by atoms with Crippen LogP contribution in [-0.2, 0) is 23.8 Å². The number of fused-ring (bicyclic) bond motifs is 1. The third kappa shape index (κ3) is 7.05. The first kappa shape index (κ1) is 28.4. The van der Waals surface area contributed by atoms with Crippen molar-refractivity contribution in [3.8, 4) is 5.88 Å². The Hall–Kier alpha value is -2.65. The molecule has 208 valence electrons. The Balaban J connectivity index is 1.51. The van der Waals surface area contributed by atoms with Crippen LogP contribution in [-0.4, -0.2) is 40.3 Å². The minimum atomic E-state index is -4.46. The molecule has 0 saturated heterocycles. The summed E-state index contributed by atoms with van der Waals surface area (Å²) in [6, 6.07) is 6.24. The molecule has 1 spiro atoms. The van der Waals surface area contributed by atoms with Crippen LogP contribution in [0.15, 0.2) is 36.5 Å². The zero-order chi connectivity index (χ0) is 27.7. The van der Waals surface area contributed by atoms with Crippen molar-refractivity contribution in [1.29, 1.82) is 0 Å². The van der Waals surface area contributed by atoms with E-state index in [1.165, 1.54) is 13.0 Å². The van der Waals surface area contributed by atoms with Crippen LogP contribution < -0.4 is 15.4 Å². The van der Waals surface area contributed by atoms with Gasteiger partial charge in [0, 0.05) is 37.7 Å². The van der Waals surface area contributed by atoms with Crippen LogP contribution in [0.25, 0.3) is 0 Å². The van der Waals surface area contributed by atoms with Crippen LogP contribution in [0.5, 0.6) is 5.88 Å². The molecule has 3 N–H and O–H groups in total. The summed E-state index contributed by atoms with van der Waals surface area (Å²) < 4.78 is 45.9. The first-order valence-electron chi connectivity index (χ1n) is 13.3. The number of aliphatic hydroxyl groups is 1. The molecule has 2 aromatic rings. The molecule has 1 fully saturated rings. The number of hydrogen-bond donors (Lipinski definition) is 3. The van der Waals surface area contributed by atoms with Crippen molar-refractivity contribution in [3.63, 3.8) is 0 Å². The van der Waals surface area contributed by atoms with Crippen molar-refractivity contribution in [3.05, 3.63) is 58.8 Å². The standard InChI is InChI=1S/C29H38F3N3O3/c1-18(36)35-23(13-19-7-5-8-21(11-19)29(30,31)32)25(37)17-33-24-15-28(9-6-10-28)38-26-22(24)12-20(16-34-26)14-27(2,3)4/h5,7-8,11-12,16,23-25,33,37H,6,9-10,13-15,17H2,1-4H3,(H,35,36)/t23-,24-,25+/m0/s1. The molecule has 4 rings (SSSR count). The maximum atomic E-state index is 13.2. The summed E-state index contributed by atoms with van der Waals surface area (Å²) in [5, 5.41) is 17.3. The lowest BCUT2D eigenvalue weighted by atomic mass is 9.73. The molecule has 1 saturated carbocycles. The van der Waals surface area contributed by atoms with Crippen LogP contribution in [0.3, 0.4) is 0 Å². The lowest BCUT2D eigenvalue weighted by molar-refractivity contribution is -0.137. The highest BCUT2D eigenvalue weighted by Crippen LogP contribution is 2.48. The third-order valence-corrected chi connectivity index (χ3v) is 7.34. The number of pyridine rings is 1. The van der Waals surface area contributed by atoms with E-state index >= 15 is 0 Å². The van der Waals surface area contributed by atoms with Gasteiger partial charge >= 0.3 is 6.18 Å². The number of aromatic nitrogens is 1. The number of benzene rings is 1. The average Bonchev–Trinajstić information content (AvgIpc) is 2.79. The van der Waals surface area contributed by atoms with E-state index in [-0.39, 0.29) is 35.9 Å². The molecule has 1 aliphatic carbocycles. The molecule has 2 aliphatic rings. The van der Waals surface area contributed by atoms with Crippen LogP contribution in [0.1, 0.15) is 81.7 Å². The average molecular weight is 534 g/mol. The van der Waals surface area contributed by atoms with Crippen molar-refractivity contribution >= 4 is 5.91 Å². The summed E-state index contributed by atoms with van der Waals surface area (Å²) in [6.07, 6.45) is 1.03. The summed E-state index contributed by atoms with van der Waals surface area (Å²) in [4.78, 5) is 16.5. The van der Waals surface area contributed by atoms with Gasteiger partial charge in [0.2, 0.25) is 11.8 Å². The lowest BCUT2D eigenvalue weighted by Crippen LogP contribution is -2.52. The molecular weight excluding hydrogens is 495 g/mol. The fraction of sp³-hybridized carbons (Fsp3) is 0.586. The smallest absolute Gasteiger partial charge is 0.416 e. The van der Waals surface area contributed by atoms with Crippen LogP contribution >= 0.6 is 0 Å². The molecule has 1 amide bonds. The Morgan fingerprint density at radius 3 is 2.55 bits per heavy atom. The number of ether oxygens (including phenoxy) is 1. The highest BCUT2D eigenvalue weighted by atomic mass is 19.4. The predicted molar refractivity (Wildman–Crippen MR) is 139 cm³/mol. The van der Waals surface area contributed by atoms with Crippen molar-refractivity contribution < 1.29 is 27.8 Å². The van der Waals surface area contributed by atoms with Crippen molar-refractivity contribution in [2.75, 3.05) is 6.54 Å². The number of aliphatic hydroxyl groups excluding tert-OH is 1. The number of carbonyl (C=O) groups excluding carboxylic acids is 1. The van der Waals surface area contributed by atoms with Gasteiger partial charge in [0.1, 0.15) is 5.60 Å². The Bertz CT molecular complexity index is 1140. The van der Waals surface area contributed by atoms with Gasteiger partial charge in [-0.3, -0.25) is 4.79 Å². The van der Waals surface area contributed by atoms with Gasteiger partial charge in [-0.1, -0.05) is 39.0 Å². The quantitative estimate of drug-likeness (QED) is 0.438. The summed E-state index contributed by atoms with van der Waals surface area (Å²) in [5.41, 5.74) is 1.52. The molecule has 1 aromatic heterocycles. The molecule has 0 bridgehead atoms. The number of alkyl halides is 3. The van der Waals surface area contributed by atoms with Crippen molar-refractivity contribution in [1.82, 2.24) is 15.6 Å². The van der Waals surface area contributed by atoms with E-state index in [9.17, 15) is 23.1 Å². The molecule has 0 radical (unpaired) electrons. The van der Waals surface area contributed by atoms with Gasteiger partial charge in [-0.2, -0.15) is 13.2 Å². The molecule has 1 aliphatic heterocycles. The van der Waals surface area contributed by atoms with Crippen LogP contribution in [0.2, 0.25) is 0 Å². The SMILES string of the molecule is CC(=O)N[C@@H](Cc1cccc(C(F)(F)F)c1)[C@H](O)CN[C@H]1CC2(CCC2)Oc2ncc(CC(C)(C)C)cc21. The normalized spacial score (nSPS) is 20.2. The third-order valence-electron chi connectivity index (χ3n) is 7.34. The Morgan fingerprint density at radius 2 is 1.95 bits per heavy atom. The number of rotatable bonds is 8. The van der Waals surface area contributed by atoms with E-state index in [1.54, 1.807) is 6.07 Å². The van der Waals surface area contributed by atoms with E-state index in [0.717, 1.165) is 55.4 Å². The van der Waals surface area contributed by atoms with Gasteiger partial charge in [0.15, 0.2) is 0 Å². The number of nitrogens with zero attached hydrogens (tertiary/aromatic N) is 1. The minimum absolute atomic E-state index is 0.0674. The first-order valence-corrected chi connectivity index (χ1v) is 13.3. The lowest BCUT2D eigenvalue weighted by Gasteiger charge is -2.47. The predicted octanol–water partition coefficient (Wildman–Crippen LogP) is 5.13. The van der Waals surface area contributed by atoms with Gasteiger partial charge in [-0.05, 0) is 60.8 Å². The van der Waals surface area contributed by atoms with Gasteiger partial charge < -0.3 is 20.5 Å². The van der Waals surface area contributed by atoms with E-state index in [1.807, 2.05) is 6.20 Å². The fourth-order valence-electron chi connectivity index (χ4n) is 5.43. The number of nitrogens with one attached hydrogen (secondary N) is 2. The number of halogens is 3. The summed E-state index contributed by atoms with van der Waals surface area (Å²) in [7, 11) is 0.